The normalized spacial score (nSPS) is 17.5. The second kappa shape index (κ2) is 3.72. The fourth-order valence-electron chi connectivity index (χ4n) is 1.35. The van der Waals surface area contributed by atoms with Crippen LogP contribution in [0.3, 0.4) is 0 Å². The first kappa shape index (κ1) is 8.54. The number of hydrogen-bond acceptors (Lipinski definition) is 1. The molecule has 1 aliphatic carbocycles. The first-order chi connectivity index (χ1) is 5.24. The van der Waals surface area contributed by atoms with Gasteiger partial charge in [-0.3, -0.25) is 0 Å². The molecule has 1 rings (SSSR count). The van der Waals surface area contributed by atoms with Crippen molar-refractivity contribution in [3.05, 3.63) is 22.8 Å². The Labute approximate surface area is 68.8 Å². The monoisotopic (exact) mass is 152 g/mol. The highest BCUT2D eigenvalue weighted by atomic mass is 16.5. The summed E-state index contributed by atoms with van der Waals surface area (Å²) >= 11 is 0. The van der Waals surface area contributed by atoms with Crippen LogP contribution in [-0.2, 0) is 4.74 Å². The van der Waals surface area contributed by atoms with Gasteiger partial charge in [0.25, 0.3) is 0 Å². The molecule has 0 aromatic rings. The molecule has 0 N–H and O–H groups in total. The van der Waals surface area contributed by atoms with Gasteiger partial charge in [0.2, 0.25) is 0 Å². The largest absolute Gasteiger partial charge is 0.384 e. The first-order valence-corrected chi connectivity index (χ1v) is 4.08. The van der Waals surface area contributed by atoms with E-state index in [0.717, 1.165) is 19.4 Å². The van der Waals surface area contributed by atoms with Crippen LogP contribution in [0.15, 0.2) is 22.8 Å². The summed E-state index contributed by atoms with van der Waals surface area (Å²) in [7, 11) is 1.75. The van der Waals surface area contributed by atoms with Gasteiger partial charge in [-0.1, -0.05) is 22.8 Å². The van der Waals surface area contributed by atoms with Gasteiger partial charge in [-0.25, -0.2) is 0 Å². The Morgan fingerprint density at radius 2 is 2.18 bits per heavy atom. The van der Waals surface area contributed by atoms with Crippen molar-refractivity contribution in [1.29, 1.82) is 0 Å². The average Bonchev–Trinajstić information content (AvgIpc) is 2.28. The van der Waals surface area contributed by atoms with Gasteiger partial charge in [0.05, 0.1) is 0 Å². The first-order valence-electron chi connectivity index (χ1n) is 4.08. The molecule has 1 nitrogen and oxygen atoms in total. The van der Waals surface area contributed by atoms with E-state index in [0.29, 0.717) is 0 Å². The number of rotatable bonds is 3. The molecule has 0 unspecified atom stereocenters. The molecular weight excluding hydrogens is 136 g/mol. The minimum atomic E-state index is 0.854. The quantitative estimate of drug-likeness (QED) is 0.604. The Balaban J connectivity index is 2.38. The van der Waals surface area contributed by atoms with E-state index in [1.807, 2.05) is 0 Å². The zero-order chi connectivity index (χ0) is 8.27. The standard InChI is InChI=1S/C10H16O/c1-8-6-10(4-5-11-3)7-9(8)2/h6H,4-5,7H2,1-3H3. The molecule has 0 saturated heterocycles. The zero-order valence-electron chi connectivity index (χ0n) is 7.61. The lowest BCUT2D eigenvalue weighted by atomic mass is 10.1. The summed E-state index contributed by atoms with van der Waals surface area (Å²) in [5.41, 5.74) is 4.47. The molecule has 0 amide bonds. The Kier molecular flexibility index (Phi) is 2.89. The lowest BCUT2D eigenvalue weighted by molar-refractivity contribution is 0.202. The average molecular weight is 152 g/mol. The van der Waals surface area contributed by atoms with Crippen molar-refractivity contribution in [2.24, 2.45) is 0 Å². The van der Waals surface area contributed by atoms with E-state index >= 15 is 0 Å². The van der Waals surface area contributed by atoms with E-state index in [4.69, 9.17) is 4.74 Å². The van der Waals surface area contributed by atoms with Crippen LogP contribution >= 0.6 is 0 Å². The second-order valence-electron chi connectivity index (χ2n) is 3.19. The summed E-state index contributed by atoms with van der Waals surface area (Å²) in [5.74, 6) is 0. The third-order valence-corrected chi connectivity index (χ3v) is 2.21. The van der Waals surface area contributed by atoms with Crippen LogP contribution in [0.5, 0.6) is 0 Å². The Hall–Kier alpha value is -0.560. The highest BCUT2D eigenvalue weighted by molar-refractivity contribution is 5.36. The van der Waals surface area contributed by atoms with Crippen molar-refractivity contribution >= 4 is 0 Å². The van der Waals surface area contributed by atoms with Crippen molar-refractivity contribution in [3.63, 3.8) is 0 Å². The molecule has 1 aliphatic rings. The predicted octanol–water partition coefficient (Wildman–Crippen LogP) is 2.69. The molecule has 0 heterocycles. The Morgan fingerprint density at radius 3 is 2.64 bits per heavy atom. The summed E-state index contributed by atoms with van der Waals surface area (Å²) < 4.78 is 5.01. The lowest BCUT2D eigenvalue weighted by Crippen LogP contribution is -1.90. The van der Waals surface area contributed by atoms with Crippen molar-refractivity contribution < 1.29 is 4.74 Å². The summed E-state index contributed by atoms with van der Waals surface area (Å²) in [5, 5.41) is 0. The fourth-order valence-corrected chi connectivity index (χ4v) is 1.35. The maximum absolute atomic E-state index is 5.01. The summed E-state index contributed by atoms with van der Waals surface area (Å²) in [6, 6.07) is 0. The van der Waals surface area contributed by atoms with Crippen LogP contribution in [0.25, 0.3) is 0 Å². The van der Waals surface area contributed by atoms with Crippen LogP contribution in [0.4, 0.5) is 0 Å². The van der Waals surface area contributed by atoms with Crippen molar-refractivity contribution in [2.45, 2.75) is 26.7 Å². The molecule has 0 aromatic heterocycles. The van der Waals surface area contributed by atoms with E-state index in [1.54, 1.807) is 7.11 Å². The summed E-state index contributed by atoms with van der Waals surface area (Å²) in [6.45, 7) is 5.23. The SMILES string of the molecule is COCCC1=CC(C)=C(C)C1. The fraction of sp³-hybridized carbons (Fsp3) is 0.600. The zero-order valence-corrected chi connectivity index (χ0v) is 7.61. The van der Waals surface area contributed by atoms with Gasteiger partial charge in [-0.05, 0) is 26.7 Å². The third-order valence-electron chi connectivity index (χ3n) is 2.21. The van der Waals surface area contributed by atoms with Crippen LogP contribution in [0.2, 0.25) is 0 Å². The van der Waals surface area contributed by atoms with Crippen LogP contribution in [-0.4, -0.2) is 13.7 Å². The molecule has 62 valence electrons. The maximum atomic E-state index is 5.01. The van der Waals surface area contributed by atoms with Crippen molar-refractivity contribution in [3.8, 4) is 0 Å². The predicted molar refractivity (Wildman–Crippen MR) is 47.6 cm³/mol. The molecule has 0 bridgehead atoms. The number of methoxy groups -OCH3 is 1. The molecule has 0 saturated carbocycles. The van der Waals surface area contributed by atoms with E-state index in [2.05, 4.69) is 19.9 Å². The minimum absolute atomic E-state index is 0.854. The van der Waals surface area contributed by atoms with E-state index in [9.17, 15) is 0 Å². The molecule has 0 aliphatic heterocycles. The van der Waals surface area contributed by atoms with Crippen molar-refractivity contribution in [2.75, 3.05) is 13.7 Å². The highest BCUT2D eigenvalue weighted by Crippen LogP contribution is 2.26. The molecule has 0 aromatic carbocycles. The van der Waals surface area contributed by atoms with Crippen molar-refractivity contribution in [1.82, 2.24) is 0 Å². The van der Waals surface area contributed by atoms with Crippen LogP contribution in [0.1, 0.15) is 26.7 Å². The number of ether oxygens (including phenoxy) is 1. The molecule has 0 radical (unpaired) electrons. The van der Waals surface area contributed by atoms with Gasteiger partial charge < -0.3 is 4.74 Å². The number of allylic oxidation sites excluding steroid dienone is 3. The molecular formula is C10H16O. The van der Waals surface area contributed by atoms with E-state index in [-0.39, 0.29) is 0 Å². The molecule has 0 spiro atoms. The molecule has 11 heavy (non-hydrogen) atoms. The van der Waals surface area contributed by atoms with Crippen LogP contribution < -0.4 is 0 Å². The van der Waals surface area contributed by atoms with Gasteiger partial charge in [0.15, 0.2) is 0 Å². The van der Waals surface area contributed by atoms with Gasteiger partial charge in [-0.2, -0.15) is 0 Å². The number of hydrogen-bond donors (Lipinski definition) is 0. The van der Waals surface area contributed by atoms with Gasteiger partial charge in [-0.15, -0.1) is 0 Å². The Morgan fingerprint density at radius 1 is 1.45 bits per heavy atom. The van der Waals surface area contributed by atoms with Gasteiger partial charge in [0, 0.05) is 13.7 Å². The topological polar surface area (TPSA) is 9.23 Å². The lowest BCUT2D eigenvalue weighted by Gasteiger charge is -2.00. The smallest absolute Gasteiger partial charge is 0.0499 e. The molecule has 0 fully saturated rings. The Bertz CT molecular complexity index is 199. The maximum Gasteiger partial charge on any atom is 0.0499 e. The summed E-state index contributed by atoms with van der Waals surface area (Å²) in [4.78, 5) is 0. The van der Waals surface area contributed by atoms with E-state index in [1.165, 1.54) is 16.7 Å². The molecule has 0 atom stereocenters. The van der Waals surface area contributed by atoms with Gasteiger partial charge in [0.1, 0.15) is 0 Å². The van der Waals surface area contributed by atoms with Gasteiger partial charge >= 0.3 is 0 Å². The van der Waals surface area contributed by atoms with E-state index < -0.39 is 0 Å². The highest BCUT2D eigenvalue weighted by Gasteiger charge is 2.07. The second-order valence-corrected chi connectivity index (χ2v) is 3.19. The third kappa shape index (κ3) is 2.19. The van der Waals surface area contributed by atoms with Crippen LogP contribution in [0, 0.1) is 0 Å². The molecule has 1 heteroatoms. The minimum Gasteiger partial charge on any atom is -0.384 e. The summed E-state index contributed by atoms with van der Waals surface area (Å²) in [6.07, 6.45) is 4.54.